The Balaban J connectivity index is 1.53. The largest absolute Gasteiger partial charge is 0.444 e. The summed E-state index contributed by atoms with van der Waals surface area (Å²) in [5.74, 6) is 0.0822. The van der Waals surface area contributed by atoms with Crippen molar-refractivity contribution < 1.29 is 14.3 Å². The van der Waals surface area contributed by atoms with Gasteiger partial charge in [0.2, 0.25) is 5.91 Å². The van der Waals surface area contributed by atoms with Gasteiger partial charge < -0.3 is 20.3 Å². The second-order valence-electron chi connectivity index (χ2n) is 11.0. The minimum absolute atomic E-state index is 0.265. The van der Waals surface area contributed by atoms with Crippen LogP contribution in [0.2, 0.25) is 0 Å². The van der Waals surface area contributed by atoms with Gasteiger partial charge in [0.05, 0.1) is 23.7 Å². The number of hydrogen-bond donors (Lipinski definition) is 2. The van der Waals surface area contributed by atoms with Gasteiger partial charge in [0, 0.05) is 17.5 Å². The molecule has 2 heterocycles. The highest BCUT2D eigenvalue weighted by molar-refractivity contribution is 6.22. The molecule has 2 amide bonds. The Morgan fingerprint density at radius 1 is 0.951 bits per heavy atom. The number of amides is 2. The van der Waals surface area contributed by atoms with Crippen LogP contribution in [0.5, 0.6) is 0 Å². The smallest absolute Gasteiger partial charge is 0.408 e. The molecule has 0 aliphatic carbocycles. The number of fused-ring (bicyclic) bond motifs is 3. The predicted molar refractivity (Wildman–Crippen MR) is 162 cm³/mol. The quantitative estimate of drug-likeness (QED) is 0.463. The van der Waals surface area contributed by atoms with Crippen molar-refractivity contribution in [1.29, 1.82) is 0 Å². The van der Waals surface area contributed by atoms with Crippen LogP contribution in [-0.4, -0.2) is 53.6 Å². The van der Waals surface area contributed by atoms with Crippen LogP contribution in [0.3, 0.4) is 0 Å². The third-order valence-corrected chi connectivity index (χ3v) is 6.56. The number of benzene rings is 3. The molecule has 3 aromatic rings. The highest BCUT2D eigenvalue weighted by atomic mass is 16.6. The maximum absolute atomic E-state index is 13.9. The number of para-hydroxylation sites is 1. The zero-order valence-corrected chi connectivity index (χ0v) is 23.7. The van der Waals surface area contributed by atoms with Crippen molar-refractivity contribution in [2.24, 2.45) is 15.2 Å². The summed E-state index contributed by atoms with van der Waals surface area (Å²) in [4.78, 5) is 33.8. The van der Waals surface area contributed by atoms with Crippen molar-refractivity contribution in [1.82, 2.24) is 10.6 Å². The summed E-state index contributed by atoms with van der Waals surface area (Å²) < 4.78 is 5.47. The third kappa shape index (κ3) is 6.69. The van der Waals surface area contributed by atoms with Crippen LogP contribution in [0.25, 0.3) is 0 Å². The van der Waals surface area contributed by atoms with E-state index in [0.29, 0.717) is 12.4 Å². The number of aliphatic imine (C=N–C) groups is 1. The highest BCUT2D eigenvalue weighted by Gasteiger charge is 2.35. The number of hydrogen-bond acceptors (Lipinski definition) is 7. The Morgan fingerprint density at radius 3 is 2.32 bits per heavy atom. The van der Waals surface area contributed by atoms with Crippen LogP contribution < -0.4 is 15.5 Å². The van der Waals surface area contributed by atoms with Crippen LogP contribution in [0.4, 0.5) is 10.5 Å². The number of carbonyl (C=O) groups is 2. The first-order valence-electron chi connectivity index (χ1n) is 13.6. The SMILES string of the molecule is CC1=NN=C2[C@H](NC(=O)[C@H](Cc3ccccc3)NC(=O)OC(C)(C)C)N=C(c3ccccc3)c3ccccc3N2C1. The maximum atomic E-state index is 13.9. The molecule has 9 heteroatoms. The molecule has 0 radical (unpaired) electrons. The molecule has 0 aromatic heterocycles. The second kappa shape index (κ2) is 11.8. The Morgan fingerprint density at radius 2 is 1.61 bits per heavy atom. The fraction of sp³-hybridized carbons (Fsp3) is 0.281. The Bertz CT molecular complexity index is 1510. The lowest BCUT2D eigenvalue weighted by Crippen LogP contribution is -2.55. The molecule has 0 spiro atoms. The van der Waals surface area contributed by atoms with E-state index in [4.69, 9.17) is 9.73 Å². The zero-order valence-electron chi connectivity index (χ0n) is 23.7. The van der Waals surface area contributed by atoms with Gasteiger partial charge in [-0.1, -0.05) is 78.9 Å². The van der Waals surface area contributed by atoms with E-state index >= 15 is 0 Å². The van der Waals surface area contributed by atoms with Crippen molar-refractivity contribution in [3.63, 3.8) is 0 Å². The molecule has 2 aliphatic rings. The normalized spacial score (nSPS) is 17.0. The zero-order chi connectivity index (χ0) is 29.0. The molecule has 0 unspecified atom stereocenters. The third-order valence-electron chi connectivity index (χ3n) is 6.56. The van der Waals surface area contributed by atoms with Gasteiger partial charge in [-0.2, -0.15) is 5.10 Å². The van der Waals surface area contributed by atoms with Crippen LogP contribution in [0, 0.1) is 0 Å². The van der Waals surface area contributed by atoms with Gasteiger partial charge in [0.25, 0.3) is 0 Å². The summed E-state index contributed by atoms with van der Waals surface area (Å²) in [5, 5.41) is 14.7. The number of rotatable bonds is 6. The topological polar surface area (TPSA) is 108 Å². The summed E-state index contributed by atoms with van der Waals surface area (Å²) in [7, 11) is 0. The molecule has 41 heavy (non-hydrogen) atoms. The summed E-state index contributed by atoms with van der Waals surface area (Å²) in [6.07, 6.45) is -1.27. The summed E-state index contributed by atoms with van der Waals surface area (Å²) in [6.45, 7) is 7.75. The highest BCUT2D eigenvalue weighted by Crippen LogP contribution is 2.29. The number of ether oxygens (including phenoxy) is 1. The molecular weight excluding hydrogens is 516 g/mol. The fourth-order valence-corrected chi connectivity index (χ4v) is 4.78. The summed E-state index contributed by atoms with van der Waals surface area (Å²) >= 11 is 0. The van der Waals surface area contributed by atoms with Crippen molar-refractivity contribution in [2.75, 3.05) is 11.4 Å². The Kier molecular flexibility index (Phi) is 7.96. The molecule has 0 saturated heterocycles. The fourth-order valence-electron chi connectivity index (χ4n) is 4.78. The van der Waals surface area contributed by atoms with Crippen molar-refractivity contribution >= 4 is 34.9 Å². The second-order valence-corrected chi connectivity index (χ2v) is 11.0. The first-order valence-corrected chi connectivity index (χ1v) is 13.6. The lowest BCUT2D eigenvalue weighted by Gasteiger charge is -2.31. The molecule has 0 bridgehead atoms. The lowest BCUT2D eigenvalue weighted by atomic mass is 10.00. The number of anilines is 1. The maximum Gasteiger partial charge on any atom is 0.408 e. The number of nitrogens with zero attached hydrogens (tertiary/aromatic N) is 4. The summed E-state index contributed by atoms with van der Waals surface area (Å²) in [5.41, 5.74) is 4.49. The Labute approximate surface area is 240 Å². The van der Waals surface area contributed by atoms with E-state index in [0.717, 1.165) is 33.8 Å². The minimum atomic E-state index is -0.920. The van der Waals surface area contributed by atoms with Gasteiger partial charge in [-0.15, -0.1) is 5.10 Å². The van der Waals surface area contributed by atoms with E-state index in [1.165, 1.54) is 0 Å². The molecule has 2 N–H and O–H groups in total. The van der Waals surface area contributed by atoms with Gasteiger partial charge in [-0.05, 0) is 39.3 Å². The minimum Gasteiger partial charge on any atom is -0.444 e. The number of alkyl carbamates (subject to hydrolysis) is 1. The molecule has 2 aliphatic heterocycles. The molecule has 0 saturated carbocycles. The van der Waals surface area contributed by atoms with Crippen LogP contribution in [0.15, 0.2) is 100 Å². The van der Waals surface area contributed by atoms with E-state index in [1.54, 1.807) is 20.8 Å². The molecule has 0 fully saturated rings. The average Bonchev–Trinajstić information content (AvgIpc) is 3.07. The van der Waals surface area contributed by atoms with Gasteiger partial charge in [-0.25, -0.2) is 4.79 Å². The van der Waals surface area contributed by atoms with Gasteiger partial charge in [0.15, 0.2) is 12.0 Å². The predicted octanol–water partition coefficient (Wildman–Crippen LogP) is 4.71. The monoisotopic (exact) mass is 550 g/mol. The van der Waals surface area contributed by atoms with Crippen LogP contribution >= 0.6 is 0 Å². The number of nitrogens with one attached hydrogen (secondary N) is 2. The Hall–Kier alpha value is -4.79. The summed E-state index contributed by atoms with van der Waals surface area (Å²) in [6, 6.07) is 26.4. The van der Waals surface area contributed by atoms with Crippen LogP contribution in [-0.2, 0) is 16.0 Å². The molecule has 3 aromatic carbocycles. The molecule has 2 atom stereocenters. The first-order chi connectivity index (χ1) is 19.7. The number of carbonyl (C=O) groups excluding carboxylic acids is 2. The molecule has 5 rings (SSSR count). The van der Waals surface area contributed by atoms with E-state index in [9.17, 15) is 9.59 Å². The van der Waals surface area contributed by atoms with Crippen molar-refractivity contribution in [3.05, 3.63) is 102 Å². The van der Waals surface area contributed by atoms with E-state index < -0.39 is 29.8 Å². The van der Waals surface area contributed by atoms with Gasteiger partial charge >= 0.3 is 6.09 Å². The van der Waals surface area contributed by atoms with Gasteiger partial charge in [0.1, 0.15) is 11.6 Å². The average molecular weight is 551 g/mol. The van der Waals surface area contributed by atoms with Crippen molar-refractivity contribution in [3.8, 4) is 0 Å². The number of amidine groups is 1. The van der Waals surface area contributed by atoms with E-state index in [-0.39, 0.29) is 6.42 Å². The van der Waals surface area contributed by atoms with Crippen molar-refractivity contribution in [2.45, 2.75) is 51.9 Å². The standard InChI is InChI=1S/C32H34N6O3/c1-21-20-38-26-18-12-11-17-24(26)27(23-15-9-6-10-16-23)34-28(29(38)37-36-21)35-30(39)25(19-22-13-7-5-8-14-22)33-31(40)41-32(2,3)4/h5-18,25,28H,19-20H2,1-4H3,(H,33,40)(H,35,39)/t25-,28-/m0/s1. The molecular formula is C32H34N6O3. The van der Waals surface area contributed by atoms with Crippen LogP contribution in [0.1, 0.15) is 44.4 Å². The lowest BCUT2D eigenvalue weighted by molar-refractivity contribution is -0.123. The molecule has 9 nitrogen and oxygen atoms in total. The van der Waals surface area contributed by atoms with E-state index in [2.05, 4.69) is 20.8 Å². The van der Waals surface area contributed by atoms with E-state index in [1.807, 2.05) is 96.8 Å². The van der Waals surface area contributed by atoms with Gasteiger partial charge in [-0.3, -0.25) is 9.79 Å². The first kappa shape index (κ1) is 27.8. The molecule has 210 valence electrons.